The Bertz CT molecular complexity index is 765. The van der Waals surface area contributed by atoms with Gasteiger partial charge in [-0.1, -0.05) is 72.8 Å². The topological polar surface area (TPSA) is 46.2 Å². The zero-order valence-electron chi connectivity index (χ0n) is 12.7. The van der Waals surface area contributed by atoms with E-state index in [-0.39, 0.29) is 5.92 Å². The van der Waals surface area contributed by atoms with Crippen molar-refractivity contribution < 1.29 is 5.11 Å². The molecule has 0 heterocycles. The Morgan fingerprint density at radius 1 is 0.909 bits per heavy atom. The number of aliphatic hydroxyl groups is 1. The van der Waals surface area contributed by atoms with Gasteiger partial charge in [0.05, 0.1) is 5.60 Å². The Morgan fingerprint density at radius 2 is 1.55 bits per heavy atom. The van der Waals surface area contributed by atoms with Crippen LogP contribution in [-0.4, -0.2) is 11.7 Å². The van der Waals surface area contributed by atoms with Gasteiger partial charge in [0.2, 0.25) is 0 Å². The van der Waals surface area contributed by atoms with Gasteiger partial charge in [-0.15, -0.1) is 0 Å². The summed E-state index contributed by atoms with van der Waals surface area (Å²) in [6.45, 7) is 2.23. The monoisotopic (exact) mass is 291 g/mol. The third-order valence-corrected chi connectivity index (χ3v) is 4.45. The van der Waals surface area contributed by atoms with E-state index in [1.807, 2.05) is 49.4 Å². The van der Waals surface area contributed by atoms with Gasteiger partial charge < -0.3 is 10.8 Å². The van der Waals surface area contributed by atoms with Crippen molar-refractivity contribution in [1.82, 2.24) is 0 Å². The van der Waals surface area contributed by atoms with Crippen LogP contribution < -0.4 is 5.73 Å². The van der Waals surface area contributed by atoms with Gasteiger partial charge in [0.1, 0.15) is 0 Å². The summed E-state index contributed by atoms with van der Waals surface area (Å²) in [7, 11) is 0. The molecule has 0 aliphatic rings. The summed E-state index contributed by atoms with van der Waals surface area (Å²) in [5, 5.41) is 13.5. The lowest BCUT2D eigenvalue weighted by Gasteiger charge is -2.33. The summed E-state index contributed by atoms with van der Waals surface area (Å²) >= 11 is 0. The van der Waals surface area contributed by atoms with Crippen LogP contribution in [0.4, 0.5) is 0 Å². The molecule has 0 radical (unpaired) electrons. The van der Waals surface area contributed by atoms with Crippen LogP contribution in [0, 0.1) is 0 Å². The van der Waals surface area contributed by atoms with Crippen LogP contribution in [-0.2, 0) is 5.60 Å². The number of fused-ring (bicyclic) bond motifs is 1. The first-order valence-corrected chi connectivity index (χ1v) is 7.59. The van der Waals surface area contributed by atoms with Crippen LogP contribution in [0.15, 0.2) is 72.8 Å². The fourth-order valence-corrected chi connectivity index (χ4v) is 3.09. The van der Waals surface area contributed by atoms with E-state index >= 15 is 0 Å². The first-order chi connectivity index (χ1) is 10.6. The van der Waals surface area contributed by atoms with E-state index in [9.17, 15) is 5.11 Å². The lowest BCUT2D eigenvalue weighted by Crippen LogP contribution is -2.35. The van der Waals surface area contributed by atoms with Gasteiger partial charge in [0.15, 0.2) is 0 Å². The minimum atomic E-state index is -1.00. The Balaban J connectivity index is 2.05. The number of hydrogen-bond acceptors (Lipinski definition) is 2. The standard InChI is InChI=1S/C20H21NO/c1-20(22,18-9-3-2-4-10-18)19(14-21)17-12-11-15-7-5-6-8-16(15)13-17/h2-13,19,22H,14,21H2,1H3. The Hall–Kier alpha value is -2.16. The van der Waals surface area contributed by atoms with Crippen LogP contribution in [0.5, 0.6) is 0 Å². The summed E-state index contributed by atoms with van der Waals surface area (Å²) in [6, 6.07) is 24.3. The normalized spacial score (nSPS) is 15.4. The molecule has 0 fully saturated rings. The molecule has 112 valence electrons. The maximum atomic E-state index is 11.1. The first kappa shape index (κ1) is 14.8. The number of benzene rings is 3. The first-order valence-electron chi connectivity index (χ1n) is 7.59. The van der Waals surface area contributed by atoms with Crippen LogP contribution >= 0.6 is 0 Å². The van der Waals surface area contributed by atoms with Crippen molar-refractivity contribution in [3.05, 3.63) is 83.9 Å². The van der Waals surface area contributed by atoms with Crippen LogP contribution in [0.3, 0.4) is 0 Å². The van der Waals surface area contributed by atoms with Gasteiger partial charge in [0, 0.05) is 12.5 Å². The fourth-order valence-electron chi connectivity index (χ4n) is 3.09. The van der Waals surface area contributed by atoms with E-state index in [1.165, 1.54) is 10.8 Å². The molecular formula is C20H21NO. The summed E-state index contributed by atoms with van der Waals surface area (Å²) in [5.74, 6) is -0.153. The van der Waals surface area contributed by atoms with E-state index in [0.717, 1.165) is 11.1 Å². The van der Waals surface area contributed by atoms with E-state index in [2.05, 4.69) is 30.3 Å². The van der Waals surface area contributed by atoms with Gasteiger partial charge in [-0.25, -0.2) is 0 Å². The lowest BCUT2D eigenvalue weighted by molar-refractivity contribution is 0.0292. The average Bonchev–Trinajstić information content (AvgIpc) is 2.56. The maximum Gasteiger partial charge on any atom is 0.0948 e. The van der Waals surface area contributed by atoms with E-state index in [4.69, 9.17) is 5.73 Å². The molecule has 2 unspecified atom stereocenters. The molecule has 2 atom stereocenters. The van der Waals surface area contributed by atoms with Crippen molar-refractivity contribution in [3.63, 3.8) is 0 Å². The Morgan fingerprint density at radius 3 is 2.23 bits per heavy atom. The molecule has 0 aliphatic carbocycles. The zero-order valence-corrected chi connectivity index (χ0v) is 12.7. The summed E-state index contributed by atoms with van der Waals surface area (Å²) in [6.07, 6.45) is 0. The maximum absolute atomic E-state index is 11.1. The quantitative estimate of drug-likeness (QED) is 0.768. The van der Waals surface area contributed by atoms with Crippen molar-refractivity contribution in [2.45, 2.75) is 18.4 Å². The summed E-state index contributed by atoms with van der Waals surface area (Å²) < 4.78 is 0. The van der Waals surface area contributed by atoms with Crippen LogP contribution in [0.1, 0.15) is 24.0 Å². The second-order valence-electron chi connectivity index (χ2n) is 5.91. The third kappa shape index (κ3) is 2.63. The molecule has 0 aromatic heterocycles. The highest BCUT2D eigenvalue weighted by molar-refractivity contribution is 5.83. The van der Waals surface area contributed by atoms with E-state index < -0.39 is 5.60 Å². The second kappa shape index (κ2) is 5.91. The third-order valence-electron chi connectivity index (χ3n) is 4.45. The SMILES string of the molecule is CC(O)(c1ccccc1)C(CN)c1ccc2ccccc2c1. The average molecular weight is 291 g/mol. The summed E-state index contributed by atoms with van der Waals surface area (Å²) in [4.78, 5) is 0. The Labute approximate surface area is 131 Å². The van der Waals surface area contributed by atoms with Crippen molar-refractivity contribution in [2.75, 3.05) is 6.54 Å². The molecule has 0 amide bonds. The molecule has 2 nitrogen and oxygen atoms in total. The minimum absolute atomic E-state index is 0.153. The largest absolute Gasteiger partial charge is 0.385 e. The lowest BCUT2D eigenvalue weighted by atomic mass is 9.78. The molecule has 3 N–H and O–H groups in total. The molecule has 2 heteroatoms. The molecule has 3 aromatic carbocycles. The predicted molar refractivity (Wildman–Crippen MR) is 91.8 cm³/mol. The molecule has 0 aliphatic heterocycles. The molecular weight excluding hydrogens is 270 g/mol. The number of nitrogens with two attached hydrogens (primary N) is 1. The van der Waals surface area contributed by atoms with Crippen LogP contribution in [0.25, 0.3) is 10.8 Å². The fraction of sp³-hybridized carbons (Fsp3) is 0.200. The van der Waals surface area contributed by atoms with Crippen LogP contribution in [0.2, 0.25) is 0 Å². The van der Waals surface area contributed by atoms with Crippen molar-refractivity contribution >= 4 is 10.8 Å². The Kier molecular flexibility index (Phi) is 3.97. The zero-order chi connectivity index (χ0) is 15.6. The molecule has 3 rings (SSSR count). The number of hydrogen-bond donors (Lipinski definition) is 2. The summed E-state index contributed by atoms with van der Waals surface area (Å²) in [5.41, 5.74) is 6.96. The van der Waals surface area contributed by atoms with Crippen molar-refractivity contribution in [2.24, 2.45) is 5.73 Å². The molecule has 0 saturated heterocycles. The molecule has 0 saturated carbocycles. The minimum Gasteiger partial charge on any atom is -0.385 e. The predicted octanol–water partition coefficient (Wildman–Crippen LogP) is 3.79. The van der Waals surface area contributed by atoms with Gasteiger partial charge >= 0.3 is 0 Å². The van der Waals surface area contributed by atoms with Gasteiger partial charge in [-0.2, -0.15) is 0 Å². The van der Waals surface area contributed by atoms with Gasteiger partial charge in [-0.3, -0.25) is 0 Å². The van der Waals surface area contributed by atoms with E-state index in [1.54, 1.807) is 0 Å². The van der Waals surface area contributed by atoms with Gasteiger partial charge in [0.25, 0.3) is 0 Å². The number of rotatable bonds is 4. The highest BCUT2D eigenvalue weighted by atomic mass is 16.3. The van der Waals surface area contributed by atoms with Crippen molar-refractivity contribution in [3.8, 4) is 0 Å². The van der Waals surface area contributed by atoms with E-state index in [0.29, 0.717) is 6.54 Å². The molecule has 0 bridgehead atoms. The molecule has 3 aromatic rings. The highest BCUT2D eigenvalue weighted by Crippen LogP contribution is 2.36. The molecule has 0 spiro atoms. The van der Waals surface area contributed by atoms with Crippen molar-refractivity contribution in [1.29, 1.82) is 0 Å². The van der Waals surface area contributed by atoms with Gasteiger partial charge in [-0.05, 0) is 28.8 Å². The molecule has 22 heavy (non-hydrogen) atoms. The highest BCUT2D eigenvalue weighted by Gasteiger charge is 2.33. The smallest absolute Gasteiger partial charge is 0.0948 e. The second-order valence-corrected chi connectivity index (χ2v) is 5.91.